The van der Waals surface area contributed by atoms with Gasteiger partial charge in [0.05, 0.1) is 23.9 Å². The summed E-state index contributed by atoms with van der Waals surface area (Å²) in [5.74, 6) is 0.283. The van der Waals surface area contributed by atoms with Gasteiger partial charge < -0.3 is 15.0 Å². The molecule has 3 saturated carbocycles. The number of carbonyl (C=O) groups excluding carboxylic acids is 1. The fourth-order valence-electron chi connectivity index (χ4n) is 7.72. The summed E-state index contributed by atoms with van der Waals surface area (Å²) in [7, 11) is 2.17. The van der Waals surface area contributed by atoms with Crippen molar-refractivity contribution >= 4 is 11.5 Å². The number of amides is 1. The molecule has 3 aromatic rings. The third kappa shape index (κ3) is 5.07. The Kier molecular flexibility index (Phi) is 6.50. The number of hydrogen-bond donors (Lipinski definition) is 1. The second-order valence-corrected chi connectivity index (χ2v) is 13.2. The summed E-state index contributed by atoms with van der Waals surface area (Å²) >= 11 is 0. The largest absolute Gasteiger partial charge is 0.489 e. The Morgan fingerprint density at radius 3 is 2.24 bits per heavy atom. The zero-order valence-corrected chi connectivity index (χ0v) is 24.0. The highest BCUT2D eigenvalue weighted by molar-refractivity contribution is 5.94. The molecule has 0 radical (unpaired) electrons. The normalized spacial score (nSPS) is 21.3. The average Bonchev–Trinajstić information content (AvgIpc) is 2.89. The fraction of sp³-hybridized carbons (Fsp3) is 0.429. The van der Waals surface area contributed by atoms with Crippen molar-refractivity contribution in [2.75, 3.05) is 20.1 Å². The van der Waals surface area contributed by atoms with Crippen LogP contribution in [0.25, 0.3) is 5.57 Å². The lowest BCUT2D eigenvalue weighted by Crippen LogP contribution is -2.58. The van der Waals surface area contributed by atoms with E-state index in [0.717, 1.165) is 55.5 Å². The molecule has 4 aliphatic rings. The minimum absolute atomic E-state index is 0.164. The number of aromatic nitrogens is 1. The van der Waals surface area contributed by atoms with Gasteiger partial charge in [0.2, 0.25) is 0 Å². The molecule has 0 unspecified atom stereocenters. The molecule has 41 heavy (non-hydrogen) atoms. The molecule has 4 fully saturated rings. The number of halogens is 1. The van der Waals surface area contributed by atoms with Crippen LogP contribution in [-0.4, -0.2) is 42.0 Å². The molecule has 7 rings (SSSR count). The zero-order chi connectivity index (χ0) is 28.2. The van der Waals surface area contributed by atoms with Crippen molar-refractivity contribution in [2.24, 2.45) is 10.8 Å². The summed E-state index contributed by atoms with van der Waals surface area (Å²) in [6, 6.07) is 16.9. The van der Waals surface area contributed by atoms with Gasteiger partial charge in [-0.05, 0) is 98.4 Å². The molecule has 2 aromatic carbocycles. The molecular weight excluding hydrogens is 513 g/mol. The minimum atomic E-state index is -0.221. The first-order chi connectivity index (χ1) is 19.8. The van der Waals surface area contributed by atoms with Crippen molar-refractivity contribution in [3.63, 3.8) is 0 Å². The molecule has 212 valence electrons. The second kappa shape index (κ2) is 10.1. The van der Waals surface area contributed by atoms with E-state index in [1.807, 2.05) is 19.1 Å². The predicted octanol–water partition coefficient (Wildman–Crippen LogP) is 6.95. The van der Waals surface area contributed by atoms with Crippen LogP contribution in [0.3, 0.4) is 0 Å². The van der Waals surface area contributed by atoms with Gasteiger partial charge in [-0.3, -0.25) is 9.78 Å². The average molecular weight is 552 g/mol. The summed E-state index contributed by atoms with van der Waals surface area (Å²) in [4.78, 5) is 19.7. The molecule has 1 amide bonds. The van der Waals surface area contributed by atoms with E-state index < -0.39 is 0 Å². The van der Waals surface area contributed by atoms with Crippen molar-refractivity contribution in [1.82, 2.24) is 15.2 Å². The summed E-state index contributed by atoms with van der Waals surface area (Å²) in [6.07, 6.45) is 12.0. The Morgan fingerprint density at radius 2 is 1.63 bits per heavy atom. The number of rotatable bonds is 7. The zero-order valence-electron chi connectivity index (χ0n) is 24.0. The minimum Gasteiger partial charge on any atom is -0.489 e. The van der Waals surface area contributed by atoms with Gasteiger partial charge in [-0.2, -0.15) is 0 Å². The maximum atomic E-state index is 13.7. The first-order valence-corrected chi connectivity index (χ1v) is 15.0. The van der Waals surface area contributed by atoms with Gasteiger partial charge in [0.15, 0.2) is 0 Å². The van der Waals surface area contributed by atoms with Gasteiger partial charge in [-0.15, -0.1) is 0 Å². The number of likely N-dealkylation sites (tertiary alicyclic amines) is 1. The highest BCUT2D eigenvalue weighted by atomic mass is 19.1. The van der Waals surface area contributed by atoms with Gasteiger partial charge in [0.1, 0.15) is 11.6 Å². The first-order valence-electron chi connectivity index (χ1n) is 15.0. The van der Waals surface area contributed by atoms with E-state index in [4.69, 9.17) is 4.74 Å². The Labute approximate surface area is 241 Å². The third-order valence-corrected chi connectivity index (χ3v) is 9.93. The quantitative estimate of drug-likeness (QED) is 0.345. The topological polar surface area (TPSA) is 54.5 Å². The van der Waals surface area contributed by atoms with Crippen LogP contribution in [0.15, 0.2) is 72.6 Å². The first kappa shape index (κ1) is 26.4. The molecule has 2 spiro atoms. The molecule has 1 aliphatic heterocycles. The summed E-state index contributed by atoms with van der Waals surface area (Å²) in [5, 5.41) is 3.12. The van der Waals surface area contributed by atoms with Crippen molar-refractivity contribution in [3.05, 3.63) is 101 Å². The van der Waals surface area contributed by atoms with Gasteiger partial charge >= 0.3 is 0 Å². The van der Waals surface area contributed by atoms with E-state index in [-0.39, 0.29) is 23.9 Å². The summed E-state index contributed by atoms with van der Waals surface area (Å²) in [6.45, 7) is 4.29. The lowest BCUT2D eigenvalue weighted by atomic mass is 9.55. The van der Waals surface area contributed by atoms with E-state index >= 15 is 0 Å². The maximum Gasteiger partial charge on any atom is 0.253 e. The summed E-state index contributed by atoms with van der Waals surface area (Å²) < 4.78 is 19.9. The van der Waals surface area contributed by atoms with Crippen molar-refractivity contribution < 1.29 is 13.9 Å². The van der Waals surface area contributed by atoms with Crippen LogP contribution < -0.4 is 10.1 Å². The number of allylic oxidation sites excluding steroid dienone is 1. The van der Waals surface area contributed by atoms with E-state index in [0.29, 0.717) is 22.1 Å². The van der Waals surface area contributed by atoms with Gasteiger partial charge in [0.25, 0.3) is 5.91 Å². The molecular formula is C35H38FN3O2. The fourth-order valence-corrected chi connectivity index (χ4v) is 7.72. The van der Waals surface area contributed by atoms with E-state index in [9.17, 15) is 9.18 Å². The predicted molar refractivity (Wildman–Crippen MR) is 158 cm³/mol. The number of pyridine rings is 1. The van der Waals surface area contributed by atoms with E-state index in [1.165, 1.54) is 30.4 Å². The molecule has 1 aromatic heterocycles. The van der Waals surface area contributed by atoms with Crippen molar-refractivity contribution in [3.8, 4) is 5.75 Å². The Morgan fingerprint density at radius 1 is 0.976 bits per heavy atom. The van der Waals surface area contributed by atoms with Gasteiger partial charge in [-0.1, -0.05) is 48.4 Å². The van der Waals surface area contributed by atoms with Crippen molar-refractivity contribution in [2.45, 2.75) is 64.0 Å². The number of nitrogens with zero attached hydrogens (tertiary/aromatic N) is 2. The Hall–Kier alpha value is -3.51. The van der Waals surface area contributed by atoms with Crippen LogP contribution in [0.4, 0.5) is 4.39 Å². The molecule has 3 aliphatic carbocycles. The van der Waals surface area contributed by atoms with Gasteiger partial charge in [0, 0.05) is 24.7 Å². The lowest BCUT2D eigenvalue weighted by Gasteiger charge is -2.56. The second-order valence-electron chi connectivity index (χ2n) is 13.2. The molecule has 1 saturated heterocycles. The van der Waals surface area contributed by atoms with Crippen LogP contribution >= 0.6 is 0 Å². The Bertz CT molecular complexity index is 1470. The smallest absolute Gasteiger partial charge is 0.253 e. The van der Waals surface area contributed by atoms with Crippen molar-refractivity contribution in [1.29, 1.82) is 0 Å². The molecule has 1 N–H and O–H groups in total. The molecule has 6 heteroatoms. The van der Waals surface area contributed by atoms with Crippen LogP contribution in [0.1, 0.15) is 85.0 Å². The number of nitrogens with one attached hydrogen (secondary N) is 1. The third-order valence-electron chi connectivity index (χ3n) is 9.93. The number of hydrogen-bond acceptors (Lipinski definition) is 4. The lowest BCUT2D eigenvalue weighted by molar-refractivity contribution is -0.0682. The molecule has 0 bridgehead atoms. The number of carbonyl (C=O) groups is 1. The van der Waals surface area contributed by atoms with Crippen LogP contribution in [0, 0.1) is 16.6 Å². The molecule has 5 nitrogen and oxygen atoms in total. The standard InChI is InChI=1S/C35H38FN3O2/c1-23(38-33(40)27-14-30(20-37-19-27)41-31-17-34(18-31)12-3-13-34)24-4-6-25(7-5-24)32(26-8-10-29(36)11-9-26)28-15-35(16-28)21-39(2)22-35/h4-11,14,19-20,23,31H,3,12-13,15-18,21-22H2,1-2H3,(H,38,40)/t23-/m1/s1. The highest BCUT2D eigenvalue weighted by Gasteiger charge is 2.50. The maximum absolute atomic E-state index is 13.7. The number of benzene rings is 2. The van der Waals surface area contributed by atoms with Crippen LogP contribution in [0.2, 0.25) is 0 Å². The highest BCUT2D eigenvalue weighted by Crippen LogP contribution is 2.57. The van der Waals surface area contributed by atoms with E-state index in [1.54, 1.807) is 30.6 Å². The summed E-state index contributed by atoms with van der Waals surface area (Å²) in [5.41, 5.74) is 7.33. The number of ether oxygens (including phenoxy) is 1. The molecule has 2 heterocycles. The van der Waals surface area contributed by atoms with Crippen LogP contribution in [0.5, 0.6) is 5.75 Å². The monoisotopic (exact) mass is 551 g/mol. The molecule has 1 atom stereocenters. The van der Waals surface area contributed by atoms with E-state index in [2.05, 4.69) is 46.5 Å². The Balaban J connectivity index is 1.03. The van der Waals surface area contributed by atoms with Crippen LogP contribution in [-0.2, 0) is 0 Å². The van der Waals surface area contributed by atoms with Gasteiger partial charge in [-0.25, -0.2) is 4.39 Å². The SMILES string of the molecule is C[C@@H](NC(=O)c1cncc(OC2CC3(CCC3)C2)c1)c1ccc(C(=C2CC3(C2)CN(C)C3)c2ccc(F)cc2)cc1.